The zero-order valence-electron chi connectivity index (χ0n) is 16.1. The minimum absolute atomic E-state index is 0.0937. The van der Waals surface area contributed by atoms with Crippen molar-refractivity contribution in [1.29, 1.82) is 0 Å². The Labute approximate surface area is 159 Å². The van der Waals surface area contributed by atoms with Crippen LogP contribution in [0.1, 0.15) is 40.4 Å². The van der Waals surface area contributed by atoms with Gasteiger partial charge in [0.25, 0.3) is 5.91 Å². The van der Waals surface area contributed by atoms with Gasteiger partial charge in [0.05, 0.1) is 24.5 Å². The van der Waals surface area contributed by atoms with Crippen LogP contribution in [-0.4, -0.2) is 40.6 Å². The molecule has 0 saturated carbocycles. The third-order valence-corrected chi connectivity index (χ3v) is 5.61. The van der Waals surface area contributed by atoms with Gasteiger partial charge in [-0.05, 0) is 56.5 Å². The lowest BCUT2D eigenvalue weighted by Crippen LogP contribution is -2.39. The van der Waals surface area contributed by atoms with Gasteiger partial charge in [0, 0.05) is 30.3 Å². The quantitative estimate of drug-likeness (QED) is 0.703. The number of ether oxygens (including phenoxy) is 1. The van der Waals surface area contributed by atoms with Crippen LogP contribution < -0.4 is 4.74 Å². The number of likely N-dealkylation sites (tertiary alicyclic amines) is 1. The second kappa shape index (κ2) is 7.06. The normalized spacial score (nSPS) is 15.3. The number of aryl methyl sites for hydroxylation is 1. The summed E-state index contributed by atoms with van der Waals surface area (Å²) < 4.78 is 7.64. The first-order valence-electron chi connectivity index (χ1n) is 9.44. The third kappa shape index (κ3) is 3.18. The SMILES string of the molecule is COc1cccc(C(=O)N2CCC(n3cnc4ccc(C)cc43)CC2)c1C. The molecule has 1 aliphatic heterocycles. The average Bonchev–Trinajstić information content (AvgIpc) is 3.11. The molecule has 3 aromatic rings. The highest BCUT2D eigenvalue weighted by atomic mass is 16.5. The number of nitrogens with zero attached hydrogens (tertiary/aromatic N) is 3. The zero-order chi connectivity index (χ0) is 19.0. The molecule has 0 unspecified atom stereocenters. The Morgan fingerprint density at radius 1 is 1.15 bits per heavy atom. The first-order valence-corrected chi connectivity index (χ1v) is 9.44. The molecule has 5 heteroatoms. The topological polar surface area (TPSA) is 47.4 Å². The van der Waals surface area contributed by atoms with Gasteiger partial charge >= 0.3 is 0 Å². The summed E-state index contributed by atoms with van der Waals surface area (Å²) in [6, 6.07) is 12.4. The Kier molecular flexibility index (Phi) is 4.60. The van der Waals surface area contributed by atoms with Gasteiger partial charge in [-0.3, -0.25) is 4.79 Å². The molecule has 0 spiro atoms. The highest BCUT2D eigenvalue weighted by molar-refractivity contribution is 5.96. The molecular weight excluding hydrogens is 338 g/mol. The molecule has 5 nitrogen and oxygen atoms in total. The van der Waals surface area contributed by atoms with Gasteiger partial charge in [-0.25, -0.2) is 4.98 Å². The predicted octanol–water partition coefficient (Wildman–Crippen LogP) is 4.14. The van der Waals surface area contributed by atoms with Crippen LogP contribution in [0.3, 0.4) is 0 Å². The number of carbonyl (C=O) groups is 1. The summed E-state index contributed by atoms with van der Waals surface area (Å²) in [7, 11) is 1.64. The predicted molar refractivity (Wildman–Crippen MR) is 106 cm³/mol. The number of fused-ring (bicyclic) bond motifs is 1. The number of carbonyl (C=O) groups excluding carboxylic acids is 1. The summed E-state index contributed by atoms with van der Waals surface area (Å²) in [6.07, 6.45) is 3.82. The van der Waals surface area contributed by atoms with Crippen LogP contribution in [-0.2, 0) is 0 Å². The Morgan fingerprint density at radius 3 is 2.67 bits per heavy atom. The summed E-state index contributed by atoms with van der Waals surface area (Å²) in [5.41, 5.74) is 5.10. The highest BCUT2D eigenvalue weighted by Gasteiger charge is 2.26. The molecule has 27 heavy (non-hydrogen) atoms. The molecule has 140 valence electrons. The van der Waals surface area contributed by atoms with E-state index >= 15 is 0 Å². The third-order valence-electron chi connectivity index (χ3n) is 5.61. The van der Waals surface area contributed by atoms with E-state index in [1.807, 2.05) is 36.4 Å². The minimum Gasteiger partial charge on any atom is -0.496 e. The van der Waals surface area contributed by atoms with Gasteiger partial charge in [-0.1, -0.05) is 12.1 Å². The molecule has 0 bridgehead atoms. The molecule has 2 aromatic carbocycles. The minimum atomic E-state index is 0.0937. The first kappa shape index (κ1) is 17.6. The number of aromatic nitrogens is 2. The fraction of sp³-hybridized carbons (Fsp3) is 0.364. The van der Waals surface area contributed by atoms with Crippen molar-refractivity contribution in [2.24, 2.45) is 0 Å². The number of imidazole rings is 1. The summed E-state index contributed by atoms with van der Waals surface area (Å²) in [5, 5.41) is 0. The molecule has 0 atom stereocenters. The van der Waals surface area contributed by atoms with E-state index in [0.29, 0.717) is 6.04 Å². The van der Waals surface area contributed by atoms with Crippen molar-refractivity contribution in [3.63, 3.8) is 0 Å². The molecular formula is C22H25N3O2. The Hall–Kier alpha value is -2.82. The second-order valence-electron chi connectivity index (χ2n) is 7.30. The van der Waals surface area contributed by atoms with E-state index in [1.54, 1.807) is 7.11 Å². The molecule has 1 amide bonds. The number of amides is 1. The lowest BCUT2D eigenvalue weighted by atomic mass is 10.0. The second-order valence-corrected chi connectivity index (χ2v) is 7.30. The van der Waals surface area contributed by atoms with Crippen molar-refractivity contribution in [1.82, 2.24) is 14.5 Å². The van der Waals surface area contributed by atoms with E-state index in [-0.39, 0.29) is 5.91 Å². The number of hydrogen-bond donors (Lipinski definition) is 0. The number of benzene rings is 2. The summed E-state index contributed by atoms with van der Waals surface area (Å²) in [6.45, 7) is 5.56. The van der Waals surface area contributed by atoms with E-state index in [4.69, 9.17) is 4.74 Å². The fourth-order valence-electron chi connectivity index (χ4n) is 4.01. The number of methoxy groups -OCH3 is 1. The van der Waals surface area contributed by atoms with Gasteiger partial charge in [0.2, 0.25) is 0 Å². The van der Waals surface area contributed by atoms with Crippen molar-refractivity contribution in [3.05, 3.63) is 59.4 Å². The van der Waals surface area contributed by atoms with Gasteiger partial charge in [-0.15, -0.1) is 0 Å². The van der Waals surface area contributed by atoms with Crippen LogP contribution in [0.5, 0.6) is 5.75 Å². The maximum atomic E-state index is 13.0. The molecule has 4 rings (SSSR count). The lowest BCUT2D eigenvalue weighted by Gasteiger charge is -2.33. The van der Waals surface area contributed by atoms with Crippen LogP contribution >= 0.6 is 0 Å². The van der Waals surface area contributed by atoms with Crippen molar-refractivity contribution in [3.8, 4) is 5.75 Å². The maximum absolute atomic E-state index is 13.0. The molecule has 1 saturated heterocycles. The van der Waals surface area contributed by atoms with E-state index in [0.717, 1.165) is 48.3 Å². The van der Waals surface area contributed by atoms with Crippen molar-refractivity contribution < 1.29 is 9.53 Å². The Bertz CT molecular complexity index is 984. The van der Waals surface area contributed by atoms with Crippen LogP contribution in [0.2, 0.25) is 0 Å². The van der Waals surface area contributed by atoms with Crippen LogP contribution in [0.15, 0.2) is 42.7 Å². The first-order chi connectivity index (χ1) is 13.1. The standard InChI is InChI=1S/C22H25N3O2/c1-15-7-8-19-20(13-15)25(14-23-19)17-9-11-24(12-10-17)22(26)18-5-4-6-21(27-3)16(18)2/h4-8,13-14,17H,9-12H2,1-3H3. The molecule has 1 aliphatic rings. The summed E-state index contributed by atoms with van der Waals surface area (Å²) in [4.78, 5) is 19.5. The van der Waals surface area contributed by atoms with E-state index in [9.17, 15) is 4.79 Å². The molecule has 1 fully saturated rings. The van der Waals surface area contributed by atoms with Gasteiger partial charge < -0.3 is 14.2 Å². The van der Waals surface area contributed by atoms with Crippen LogP contribution in [0.25, 0.3) is 11.0 Å². The molecule has 0 radical (unpaired) electrons. The molecule has 0 N–H and O–H groups in total. The van der Waals surface area contributed by atoms with Gasteiger partial charge in [0.1, 0.15) is 5.75 Å². The monoisotopic (exact) mass is 363 g/mol. The lowest BCUT2D eigenvalue weighted by molar-refractivity contribution is 0.0695. The molecule has 1 aromatic heterocycles. The van der Waals surface area contributed by atoms with Crippen molar-refractivity contribution in [2.75, 3.05) is 20.2 Å². The summed E-state index contributed by atoms with van der Waals surface area (Å²) >= 11 is 0. The summed E-state index contributed by atoms with van der Waals surface area (Å²) in [5.74, 6) is 0.854. The van der Waals surface area contributed by atoms with Crippen molar-refractivity contribution >= 4 is 16.9 Å². The fourth-order valence-corrected chi connectivity index (χ4v) is 4.01. The average molecular weight is 363 g/mol. The largest absolute Gasteiger partial charge is 0.496 e. The number of rotatable bonds is 3. The van der Waals surface area contributed by atoms with E-state index < -0.39 is 0 Å². The van der Waals surface area contributed by atoms with E-state index in [1.165, 1.54) is 11.1 Å². The zero-order valence-corrected chi connectivity index (χ0v) is 16.1. The Morgan fingerprint density at radius 2 is 1.93 bits per heavy atom. The molecule has 2 heterocycles. The molecule has 0 aliphatic carbocycles. The van der Waals surface area contributed by atoms with E-state index in [2.05, 4.69) is 34.7 Å². The number of hydrogen-bond acceptors (Lipinski definition) is 3. The smallest absolute Gasteiger partial charge is 0.254 e. The van der Waals surface area contributed by atoms with Gasteiger partial charge in [-0.2, -0.15) is 0 Å². The van der Waals surface area contributed by atoms with Crippen molar-refractivity contribution in [2.45, 2.75) is 32.7 Å². The highest BCUT2D eigenvalue weighted by Crippen LogP contribution is 2.29. The maximum Gasteiger partial charge on any atom is 0.254 e. The number of piperidine rings is 1. The Balaban J connectivity index is 1.50. The van der Waals surface area contributed by atoms with Gasteiger partial charge in [0.15, 0.2) is 0 Å². The van der Waals surface area contributed by atoms with Crippen LogP contribution in [0, 0.1) is 13.8 Å². The van der Waals surface area contributed by atoms with Crippen LogP contribution in [0.4, 0.5) is 0 Å².